The first kappa shape index (κ1) is 39.8. The number of amides is 4. The highest BCUT2D eigenvalue weighted by atomic mass is 16.6. The summed E-state index contributed by atoms with van der Waals surface area (Å²) in [5.74, 6) is -0.993. The lowest BCUT2D eigenvalue weighted by molar-refractivity contribution is -0.150. The Morgan fingerprint density at radius 2 is 1.75 bits per heavy atom. The summed E-state index contributed by atoms with van der Waals surface area (Å²) in [6, 6.07) is 3.84. The molecule has 4 aliphatic heterocycles. The number of esters is 1. The average molecular weight is 780 g/mol. The number of hydrogen-bond donors (Lipinski definition) is 2. The van der Waals surface area contributed by atoms with E-state index in [0.29, 0.717) is 39.0 Å². The summed E-state index contributed by atoms with van der Waals surface area (Å²) in [5, 5.41) is 5.77. The van der Waals surface area contributed by atoms with Crippen molar-refractivity contribution in [2.24, 2.45) is 5.92 Å². The molecule has 7 rings (SSSR count). The third-order valence-electron chi connectivity index (χ3n) is 12.0. The van der Waals surface area contributed by atoms with Crippen LogP contribution in [-0.4, -0.2) is 127 Å². The molecule has 15 nitrogen and oxygen atoms in total. The van der Waals surface area contributed by atoms with E-state index in [2.05, 4.69) is 15.5 Å². The van der Waals surface area contributed by atoms with Gasteiger partial charge in [-0.15, -0.1) is 0 Å². The Morgan fingerprint density at radius 1 is 0.964 bits per heavy atom. The zero-order chi connectivity index (χ0) is 39.1. The van der Waals surface area contributed by atoms with Gasteiger partial charge in [0.25, 0.3) is 0 Å². The van der Waals surface area contributed by atoms with Crippen molar-refractivity contribution in [2.45, 2.75) is 120 Å². The van der Waals surface area contributed by atoms with Crippen LogP contribution in [0.3, 0.4) is 0 Å². The molecule has 4 fully saturated rings. The average Bonchev–Trinajstić information content (AvgIpc) is 3.60. The first-order valence-electron chi connectivity index (χ1n) is 20.7. The molecule has 0 aromatic heterocycles. The summed E-state index contributed by atoms with van der Waals surface area (Å²) in [5.41, 5.74) is 0.726. The number of hydrogen-bond acceptors (Lipinski definition) is 11. The predicted molar refractivity (Wildman–Crippen MR) is 202 cm³/mol. The first-order chi connectivity index (χ1) is 27.2. The molecular weight excluding hydrogens is 722 g/mol. The number of carbonyl (C=O) groups excluding carboxylic acids is 5. The van der Waals surface area contributed by atoms with Gasteiger partial charge >= 0.3 is 18.2 Å². The van der Waals surface area contributed by atoms with E-state index in [-0.39, 0.29) is 31.6 Å². The molecular formula is C41H57N5O10. The fraction of sp³-hybridized carbons (Fsp3) is 0.683. The lowest BCUT2D eigenvalue weighted by Gasteiger charge is -2.29. The van der Waals surface area contributed by atoms with Crippen LogP contribution in [0.25, 0.3) is 0 Å². The number of ether oxygens (including phenoxy) is 5. The maximum Gasteiger partial charge on any atom is 0.410 e. The van der Waals surface area contributed by atoms with E-state index in [1.54, 1.807) is 11.8 Å². The summed E-state index contributed by atoms with van der Waals surface area (Å²) in [7, 11) is 0. The van der Waals surface area contributed by atoms with Gasteiger partial charge in [-0.1, -0.05) is 31.1 Å². The molecule has 0 radical (unpaired) electrons. The molecule has 2 aliphatic carbocycles. The maximum absolute atomic E-state index is 14.4. The number of benzene rings is 1. The van der Waals surface area contributed by atoms with Crippen LogP contribution in [-0.2, 0) is 46.4 Å². The Balaban J connectivity index is 1.03. The second-order valence-corrected chi connectivity index (χ2v) is 15.9. The van der Waals surface area contributed by atoms with Crippen LogP contribution in [0.2, 0.25) is 0 Å². The van der Waals surface area contributed by atoms with Crippen LogP contribution < -0.4 is 15.4 Å². The van der Waals surface area contributed by atoms with Crippen LogP contribution in [0.1, 0.15) is 88.7 Å². The van der Waals surface area contributed by atoms with Gasteiger partial charge in [0.15, 0.2) is 0 Å². The van der Waals surface area contributed by atoms with E-state index in [1.807, 2.05) is 30.4 Å². The van der Waals surface area contributed by atoms with Gasteiger partial charge in [-0.2, -0.15) is 0 Å². The Morgan fingerprint density at radius 3 is 2.55 bits per heavy atom. The van der Waals surface area contributed by atoms with Crippen LogP contribution in [0, 0.1) is 5.92 Å². The summed E-state index contributed by atoms with van der Waals surface area (Å²) in [4.78, 5) is 73.9. The zero-order valence-corrected chi connectivity index (χ0v) is 32.5. The Hall–Kier alpha value is -4.37. The molecule has 0 unspecified atom stereocenters. The first-order valence-corrected chi connectivity index (χ1v) is 20.7. The van der Waals surface area contributed by atoms with E-state index >= 15 is 0 Å². The third kappa shape index (κ3) is 9.59. The minimum Gasteiger partial charge on any atom is -0.492 e. The molecule has 0 spiro atoms. The minimum absolute atomic E-state index is 0.0316. The van der Waals surface area contributed by atoms with Gasteiger partial charge in [-0.25, -0.2) is 14.4 Å². The molecule has 2 N–H and O–H groups in total. The predicted octanol–water partition coefficient (Wildman–Crippen LogP) is 3.82. The Labute approximate surface area is 328 Å². The van der Waals surface area contributed by atoms with Crippen molar-refractivity contribution in [1.29, 1.82) is 0 Å². The molecule has 56 heavy (non-hydrogen) atoms. The van der Waals surface area contributed by atoms with E-state index in [0.717, 1.165) is 94.7 Å². The summed E-state index contributed by atoms with van der Waals surface area (Å²) < 4.78 is 28.6. The highest BCUT2D eigenvalue weighted by Gasteiger charge is 2.62. The zero-order valence-electron chi connectivity index (χ0n) is 32.5. The van der Waals surface area contributed by atoms with Crippen LogP contribution in [0.4, 0.5) is 9.59 Å². The van der Waals surface area contributed by atoms with E-state index in [9.17, 15) is 24.0 Å². The molecule has 0 bridgehead atoms. The number of morpholine rings is 1. The minimum atomic E-state index is -1.23. The van der Waals surface area contributed by atoms with Crippen molar-refractivity contribution in [3.63, 3.8) is 0 Å². The smallest absolute Gasteiger partial charge is 0.410 e. The van der Waals surface area contributed by atoms with Gasteiger partial charge in [-0.3, -0.25) is 19.4 Å². The van der Waals surface area contributed by atoms with Crippen molar-refractivity contribution in [3.8, 4) is 5.75 Å². The van der Waals surface area contributed by atoms with E-state index in [1.165, 1.54) is 4.90 Å². The number of nitrogens with zero attached hydrogens (tertiary/aromatic N) is 3. The van der Waals surface area contributed by atoms with Gasteiger partial charge in [-0.05, 0) is 81.5 Å². The van der Waals surface area contributed by atoms with Crippen molar-refractivity contribution >= 4 is 30.0 Å². The van der Waals surface area contributed by atoms with E-state index < -0.39 is 53.7 Å². The van der Waals surface area contributed by atoms with Crippen molar-refractivity contribution < 1.29 is 47.7 Å². The number of allylic oxidation sites excluding steroid dienone is 1. The van der Waals surface area contributed by atoms with Crippen LogP contribution in [0.5, 0.6) is 5.75 Å². The number of carbonyl (C=O) groups is 5. The number of fused-ring (bicyclic) bond motifs is 3. The largest absolute Gasteiger partial charge is 0.492 e. The Bertz CT molecular complexity index is 1630. The molecule has 6 aliphatic rings. The molecule has 4 heterocycles. The highest BCUT2D eigenvalue weighted by Crippen LogP contribution is 2.46. The quantitative estimate of drug-likeness (QED) is 0.213. The standard InChI is InChI=1S/C41H57N5O10/c1-2-53-38(49)41-24-30(41)10-6-4-3-5-7-13-34(42-39(50)55-31-11-8-9-12-31)37(48)46-27-33(23-35(46)36(47)43-41)56-40(51)45-25-28-14-15-32(22-29(28)26-45)54-21-18-44-16-19-52-20-17-44/h6,10,14-15,22,30-31,33-35H,2-5,7-9,11-13,16-21,23-27H2,1H3,(H,42,50)(H,43,47)/b10-6-/t30-,33-,34+,35+,41-/m1/s1. The second kappa shape index (κ2) is 18.3. The molecule has 4 amide bonds. The van der Waals surface area contributed by atoms with Crippen LogP contribution in [0.15, 0.2) is 30.4 Å². The fourth-order valence-electron chi connectivity index (χ4n) is 8.65. The molecule has 1 aromatic carbocycles. The maximum atomic E-state index is 14.4. The highest BCUT2D eigenvalue weighted by molar-refractivity contribution is 5.96. The lowest BCUT2D eigenvalue weighted by atomic mass is 10.0. The molecule has 5 atom stereocenters. The summed E-state index contributed by atoms with van der Waals surface area (Å²) >= 11 is 0. The third-order valence-corrected chi connectivity index (χ3v) is 12.0. The SMILES string of the molecule is CCOC(=O)[C@@]12C[C@H]1/C=C\CCCCC[C@H](NC(=O)OC1CCCC1)C(=O)N1C[C@H](OC(=O)N3Cc4ccc(OCCN5CCOCC5)cc4C3)C[C@H]1C(=O)N2. The second-order valence-electron chi connectivity index (χ2n) is 15.9. The Kier molecular flexibility index (Phi) is 13.0. The normalized spacial score (nSPS) is 29.2. The van der Waals surface area contributed by atoms with Crippen molar-refractivity contribution in [2.75, 3.05) is 52.6 Å². The topological polar surface area (TPSA) is 165 Å². The van der Waals surface area contributed by atoms with Gasteiger partial charge in [0, 0.05) is 45.1 Å². The van der Waals surface area contributed by atoms with Crippen molar-refractivity contribution in [3.05, 3.63) is 41.5 Å². The van der Waals surface area contributed by atoms with Gasteiger partial charge in [0.2, 0.25) is 11.8 Å². The summed E-state index contributed by atoms with van der Waals surface area (Å²) in [6.07, 6.45) is 9.28. The lowest BCUT2D eigenvalue weighted by Crippen LogP contribution is -2.56. The summed E-state index contributed by atoms with van der Waals surface area (Å²) in [6.45, 7) is 7.12. The molecule has 15 heteroatoms. The number of rotatable bonds is 9. The molecule has 1 aromatic rings. The number of alkyl carbamates (subject to hydrolysis) is 1. The monoisotopic (exact) mass is 779 g/mol. The van der Waals surface area contributed by atoms with Crippen molar-refractivity contribution in [1.82, 2.24) is 25.3 Å². The fourth-order valence-corrected chi connectivity index (χ4v) is 8.65. The van der Waals surface area contributed by atoms with Gasteiger partial charge < -0.3 is 39.2 Å². The van der Waals surface area contributed by atoms with Gasteiger partial charge in [0.1, 0.15) is 42.2 Å². The molecule has 2 saturated carbocycles. The number of nitrogens with one attached hydrogen (secondary N) is 2. The van der Waals surface area contributed by atoms with Crippen LogP contribution >= 0.6 is 0 Å². The molecule has 306 valence electrons. The van der Waals surface area contributed by atoms with Gasteiger partial charge in [0.05, 0.1) is 26.4 Å². The van der Waals surface area contributed by atoms with E-state index in [4.69, 9.17) is 23.7 Å². The molecule has 2 saturated heterocycles.